The van der Waals surface area contributed by atoms with E-state index in [4.69, 9.17) is 5.11 Å². The minimum Gasteiger partial charge on any atom is -0.480 e. The normalized spacial score (nSPS) is 24.6. The van der Waals surface area contributed by atoms with E-state index >= 15 is 0 Å². The summed E-state index contributed by atoms with van der Waals surface area (Å²) in [6.45, 7) is 2.44. The highest BCUT2D eigenvalue weighted by Gasteiger charge is 2.35. The Morgan fingerprint density at radius 3 is 2.94 bits per heavy atom. The number of piperidine rings is 1. The number of aliphatic carboxylic acids is 1. The number of hydrogen-bond acceptors (Lipinski definition) is 4. The molecule has 1 saturated heterocycles. The summed E-state index contributed by atoms with van der Waals surface area (Å²) < 4.78 is 0. The first-order valence-corrected chi connectivity index (χ1v) is 5.49. The van der Waals surface area contributed by atoms with Gasteiger partial charge in [0.15, 0.2) is 5.69 Å². The van der Waals surface area contributed by atoms with E-state index in [0.29, 0.717) is 18.9 Å². The monoisotopic (exact) mass is 238 g/mol. The number of carboxylic acids is 1. The van der Waals surface area contributed by atoms with E-state index in [2.05, 4.69) is 15.4 Å². The van der Waals surface area contributed by atoms with E-state index in [9.17, 15) is 9.59 Å². The van der Waals surface area contributed by atoms with Crippen molar-refractivity contribution >= 4 is 11.9 Å². The van der Waals surface area contributed by atoms with Crippen molar-refractivity contribution in [1.29, 1.82) is 0 Å². The van der Waals surface area contributed by atoms with Crippen LogP contribution in [0.5, 0.6) is 0 Å². The summed E-state index contributed by atoms with van der Waals surface area (Å²) in [5, 5.41) is 18.7. The number of nitrogens with one attached hydrogen (secondary N) is 1. The number of carboxylic acid groups (broad SMARTS) is 1. The van der Waals surface area contributed by atoms with Crippen LogP contribution in [0.2, 0.25) is 0 Å². The van der Waals surface area contributed by atoms with Crippen molar-refractivity contribution in [2.24, 2.45) is 5.92 Å². The molecular formula is C10H14N4O3. The third kappa shape index (κ3) is 2.27. The number of carbonyl (C=O) groups excluding carboxylic acids is 1. The summed E-state index contributed by atoms with van der Waals surface area (Å²) in [6.07, 6.45) is 2.60. The zero-order valence-electron chi connectivity index (χ0n) is 9.46. The summed E-state index contributed by atoms with van der Waals surface area (Å²) in [4.78, 5) is 24.5. The highest BCUT2D eigenvalue weighted by Crippen LogP contribution is 2.23. The molecule has 1 fully saturated rings. The smallest absolute Gasteiger partial charge is 0.326 e. The first kappa shape index (κ1) is 11.6. The van der Waals surface area contributed by atoms with Gasteiger partial charge in [0.05, 0.1) is 6.20 Å². The van der Waals surface area contributed by atoms with Gasteiger partial charge in [0.2, 0.25) is 0 Å². The molecule has 1 aliphatic rings. The molecule has 0 aliphatic carbocycles. The summed E-state index contributed by atoms with van der Waals surface area (Å²) in [5.41, 5.74) is 0.158. The lowest BCUT2D eigenvalue weighted by atomic mass is 9.92. The number of carbonyl (C=O) groups is 2. The topological polar surface area (TPSA) is 99.2 Å². The maximum atomic E-state index is 12.0. The highest BCUT2D eigenvalue weighted by atomic mass is 16.4. The fourth-order valence-corrected chi connectivity index (χ4v) is 2.07. The molecule has 7 nitrogen and oxygen atoms in total. The Morgan fingerprint density at radius 2 is 2.35 bits per heavy atom. The zero-order chi connectivity index (χ0) is 12.4. The minimum absolute atomic E-state index is 0.158. The van der Waals surface area contributed by atoms with Crippen LogP contribution in [0.3, 0.4) is 0 Å². The van der Waals surface area contributed by atoms with Crippen molar-refractivity contribution in [3.05, 3.63) is 11.9 Å². The molecule has 2 N–H and O–H groups in total. The Labute approximate surface area is 97.8 Å². The fraction of sp³-hybridized carbons (Fsp3) is 0.600. The van der Waals surface area contributed by atoms with E-state index in [0.717, 1.165) is 6.42 Å². The first-order valence-electron chi connectivity index (χ1n) is 5.49. The standard InChI is InChI=1S/C10H14N4O3/c1-6-2-3-14(8(4-6)10(16)17)9(15)7-5-11-13-12-7/h5-6,8H,2-4H2,1H3,(H,16,17)(H,11,12,13). The van der Waals surface area contributed by atoms with Crippen LogP contribution in [0, 0.1) is 5.92 Å². The molecule has 0 bridgehead atoms. The lowest BCUT2D eigenvalue weighted by Gasteiger charge is -2.35. The molecule has 2 heterocycles. The van der Waals surface area contributed by atoms with Gasteiger partial charge in [-0.1, -0.05) is 6.92 Å². The van der Waals surface area contributed by atoms with Crippen LogP contribution in [0.1, 0.15) is 30.3 Å². The second kappa shape index (κ2) is 4.52. The van der Waals surface area contributed by atoms with Gasteiger partial charge < -0.3 is 10.0 Å². The first-order chi connectivity index (χ1) is 8.09. The Kier molecular flexibility index (Phi) is 3.08. The molecule has 1 aromatic rings. The van der Waals surface area contributed by atoms with E-state index < -0.39 is 12.0 Å². The number of H-pyrrole nitrogens is 1. The van der Waals surface area contributed by atoms with E-state index in [1.807, 2.05) is 6.92 Å². The molecule has 7 heteroatoms. The molecule has 0 radical (unpaired) electrons. The third-order valence-electron chi connectivity index (χ3n) is 3.04. The van der Waals surface area contributed by atoms with Gasteiger partial charge >= 0.3 is 5.97 Å². The van der Waals surface area contributed by atoms with Gasteiger partial charge in [0.25, 0.3) is 5.91 Å². The summed E-state index contributed by atoms with van der Waals surface area (Å²) in [7, 11) is 0. The second-order valence-corrected chi connectivity index (χ2v) is 4.34. The predicted octanol–water partition coefficient (Wildman–Crippen LogP) is 0.130. The molecule has 1 amide bonds. The SMILES string of the molecule is CC1CCN(C(=O)c2cn[nH]n2)C(C(=O)O)C1. The fourth-order valence-electron chi connectivity index (χ4n) is 2.07. The maximum absolute atomic E-state index is 12.0. The van der Waals surface area contributed by atoms with Gasteiger partial charge in [-0.3, -0.25) is 4.79 Å². The Hall–Kier alpha value is -1.92. The Balaban J connectivity index is 2.18. The number of aromatic nitrogens is 3. The van der Waals surface area contributed by atoms with Crippen molar-refractivity contribution in [3.8, 4) is 0 Å². The number of amides is 1. The maximum Gasteiger partial charge on any atom is 0.326 e. The van der Waals surface area contributed by atoms with Crippen LogP contribution in [0.15, 0.2) is 6.20 Å². The van der Waals surface area contributed by atoms with E-state index in [-0.39, 0.29) is 11.6 Å². The van der Waals surface area contributed by atoms with Crippen LogP contribution in [0.4, 0.5) is 0 Å². The van der Waals surface area contributed by atoms with Crippen molar-refractivity contribution < 1.29 is 14.7 Å². The van der Waals surface area contributed by atoms with Crippen molar-refractivity contribution in [3.63, 3.8) is 0 Å². The average Bonchev–Trinajstić information content (AvgIpc) is 2.81. The van der Waals surface area contributed by atoms with E-state index in [1.165, 1.54) is 11.1 Å². The predicted molar refractivity (Wildman–Crippen MR) is 57.2 cm³/mol. The zero-order valence-corrected chi connectivity index (χ0v) is 9.46. The quantitative estimate of drug-likeness (QED) is 0.763. The largest absolute Gasteiger partial charge is 0.480 e. The van der Waals surface area contributed by atoms with Gasteiger partial charge in [0, 0.05) is 6.54 Å². The molecule has 2 unspecified atom stereocenters. The van der Waals surface area contributed by atoms with Crippen LogP contribution in [-0.2, 0) is 4.79 Å². The van der Waals surface area contributed by atoms with Gasteiger partial charge in [-0.05, 0) is 18.8 Å². The molecule has 17 heavy (non-hydrogen) atoms. The summed E-state index contributed by atoms with van der Waals surface area (Å²) >= 11 is 0. The number of likely N-dealkylation sites (tertiary alicyclic amines) is 1. The summed E-state index contributed by atoms with van der Waals surface area (Å²) in [6, 6.07) is -0.761. The number of aromatic amines is 1. The lowest BCUT2D eigenvalue weighted by Crippen LogP contribution is -2.49. The Morgan fingerprint density at radius 1 is 1.59 bits per heavy atom. The average molecular weight is 238 g/mol. The van der Waals surface area contributed by atoms with Gasteiger partial charge in [0.1, 0.15) is 6.04 Å². The second-order valence-electron chi connectivity index (χ2n) is 4.34. The number of hydrogen-bond donors (Lipinski definition) is 2. The van der Waals surface area contributed by atoms with Crippen LogP contribution in [0.25, 0.3) is 0 Å². The molecule has 92 valence electrons. The van der Waals surface area contributed by atoms with Crippen LogP contribution >= 0.6 is 0 Å². The van der Waals surface area contributed by atoms with Crippen LogP contribution in [-0.4, -0.2) is 49.9 Å². The molecule has 1 aliphatic heterocycles. The minimum atomic E-state index is -0.964. The van der Waals surface area contributed by atoms with Crippen molar-refractivity contribution in [1.82, 2.24) is 20.3 Å². The molecule has 0 spiro atoms. The highest BCUT2D eigenvalue weighted by molar-refractivity contribution is 5.94. The molecular weight excluding hydrogens is 224 g/mol. The van der Waals surface area contributed by atoms with Crippen LogP contribution < -0.4 is 0 Å². The van der Waals surface area contributed by atoms with Crippen molar-refractivity contribution in [2.75, 3.05) is 6.54 Å². The van der Waals surface area contributed by atoms with E-state index in [1.54, 1.807) is 0 Å². The number of rotatable bonds is 2. The van der Waals surface area contributed by atoms with Gasteiger partial charge in [-0.2, -0.15) is 15.4 Å². The Bertz CT molecular complexity index is 417. The molecule has 2 rings (SSSR count). The lowest BCUT2D eigenvalue weighted by molar-refractivity contribution is -0.144. The molecule has 1 aromatic heterocycles. The van der Waals surface area contributed by atoms with Gasteiger partial charge in [-0.25, -0.2) is 4.79 Å². The molecule has 2 atom stereocenters. The summed E-state index contributed by atoms with van der Waals surface area (Å²) in [5.74, 6) is -1.02. The van der Waals surface area contributed by atoms with Crippen molar-refractivity contribution in [2.45, 2.75) is 25.8 Å². The third-order valence-corrected chi connectivity index (χ3v) is 3.04. The number of nitrogens with zero attached hydrogens (tertiary/aromatic N) is 3. The van der Waals surface area contributed by atoms with Gasteiger partial charge in [-0.15, -0.1) is 0 Å². The molecule has 0 aromatic carbocycles. The molecule has 0 saturated carbocycles.